The summed E-state index contributed by atoms with van der Waals surface area (Å²) in [5.74, 6) is 0.865. The molecule has 3 atom stereocenters. The van der Waals surface area contributed by atoms with Crippen LogP contribution in [0.4, 0.5) is 0 Å². The van der Waals surface area contributed by atoms with Gasteiger partial charge in [-0.2, -0.15) is 5.10 Å². The van der Waals surface area contributed by atoms with E-state index in [0.717, 1.165) is 12.0 Å². The highest BCUT2D eigenvalue weighted by molar-refractivity contribution is 5.18. The van der Waals surface area contributed by atoms with Crippen molar-refractivity contribution in [1.29, 1.82) is 0 Å². The highest BCUT2D eigenvalue weighted by Gasteiger charge is 2.48. The van der Waals surface area contributed by atoms with Crippen LogP contribution in [-0.2, 0) is 6.54 Å². The molecule has 74 valence electrons. The first-order valence-electron chi connectivity index (χ1n) is 5.71. The van der Waals surface area contributed by atoms with Crippen LogP contribution in [-0.4, -0.2) is 27.3 Å². The Labute approximate surface area is 83.7 Å². The Morgan fingerprint density at radius 2 is 2.43 bits per heavy atom. The number of aromatic nitrogens is 2. The molecule has 1 aromatic rings. The third-order valence-electron chi connectivity index (χ3n) is 4.26. The SMILES string of the molecule is c1cc2n(n1)CC1CC3CCCN3C21. The van der Waals surface area contributed by atoms with E-state index in [9.17, 15) is 0 Å². The molecule has 2 fully saturated rings. The molecule has 0 amide bonds. The summed E-state index contributed by atoms with van der Waals surface area (Å²) in [4.78, 5) is 2.73. The molecule has 3 unspecified atom stereocenters. The van der Waals surface area contributed by atoms with Crippen LogP contribution in [0.5, 0.6) is 0 Å². The first kappa shape index (κ1) is 7.46. The van der Waals surface area contributed by atoms with Crippen molar-refractivity contribution in [2.24, 2.45) is 5.92 Å². The lowest BCUT2D eigenvalue weighted by atomic mass is 9.98. The zero-order valence-corrected chi connectivity index (χ0v) is 8.26. The standard InChI is InChI=1S/C11H15N3/c1-2-9-6-8-7-14-10(3-4-12-14)11(8)13(9)5-1/h3-4,8-9,11H,1-2,5-7H2. The average molecular weight is 189 g/mol. The van der Waals surface area contributed by atoms with E-state index in [1.807, 2.05) is 6.20 Å². The third kappa shape index (κ3) is 0.753. The second-order valence-corrected chi connectivity index (χ2v) is 4.91. The Morgan fingerprint density at radius 3 is 3.43 bits per heavy atom. The second kappa shape index (κ2) is 2.40. The molecular weight excluding hydrogens is 174 g/mol. The van der Waals surface area contributed by atoms with Gasteiger partial charge in [-0.1, -0.05) is 0 Å². The van der Waals surface area contributed by atoms with Gasteiger partial charge in [0.05, 0.1) is 11.7 Å². The Hall–Kier alpha value is -0.830. The van der Waals surface area contributed by atoms with Crippen LogP contribution in [0.25, 0.3) is 0 Å². The average Bonchev–Trinajstić information content (AvgIpc) is 2.77. The van der Waals surface area contributed by atoms with Crippen molar-refractivity contribution in [3.8, 4) is 0 Å². The molecule has 0 N–H and O–H groups in total. The summed E-state index contributed by atoms with van der Waals surface area (Å²) in [6, 6.07) is 3.82. The molecule has 2 saturated heterocycles. The van der Waals surface area contributed by atoms with Crippen LogP contribution in [0, 0.1) is 5.92 Å². The quantitative estimate of drug-likeness (QED) is 0.615. The summed E-state index contributed by atoms with van der Waals surface area (Å²) in [7, 11) is 0. The minimum atomic E-state index is 0.713. The monoisotopic (exact) mass is 189 g/mol. The van der Waals surface area contributed by atoms with Gasteiger partial charge in [0.1, 0.15) is 0 Å². The van der Waals surface area contributed by atoms with Crippen LogP contribution in [0.2, 0.25) is 0 Å². The summed E-state index contributed by atoms with van der Waals surface area (Å²) in [5, 5.41) is 4.38. The zero-order valence-electron chi connectivity index (χ0n) is 8.26. The lowest BCUT2D eigenvalue weighted by Gasteiger charge is -2.21. The van der Waals surface area contributed by atoms with Crippen molar-refractivity contribution in [1.82, 2.24) is 14.7 Å². The van der Waals surface area contributed by atoms with Crippen molar-refractivity contribution in [2.75, 3.05) is 6.54 Å². The molecule has 0 bridgehead atoms. The van der Waals surface area contributed by atoms with Gasteiger partial charge >= 0.3 is 0 Å². The molecule has 0 aliphatic carbocycles. The summed E-state index contributed by atoms with van der Waals surface area (Å²) in [5.41, 5.74) is 1.47. The highest BCUT2D eigenvalue weighted by atomic mass is 15.4. The van der Waals surface area contributed by atoms with Crippen molar-refractivity contribution in [3.63, 3.8) is 0 Å². The molecule has 0 aromatic carbocycles. The van der Waals surface area contributed by atoms with Gasteiger partial charge in [-0.25, -0.2) is 0 Å². The van der Waals surface area contributed by atoms with E-state index in [0.29, 0.717) is 6.04 Å². The largest absolute Gasteiger partial charge is 0.291 e. The van der Waals surface area contributed by atoms with Crippen LogP contribution in [0.1, 0.15) is 31.0 Å². The van der Waals surface area contributed by atoms with Crippen LogP contribution in [0.3, 0.4) is 0 Å². The van der Waals surface area contributed by atoms with E-state index in [-0.39, 0.29) is 0 Å². The Morgan fingerprint density at radius 1 is 1.43 bits per heavy atom. The highest BCUT2D eigenvalue weighted by Crippen LogP contribution is 2.49. The van der Waals surface area contributed by atoms with Gasteiger partial charge < -0.3 is 0 Å². The maximum absolute atomic E-state index is 4.38. The molecule has 3 nitrogen and oxygen atoms in total. The van der Waals surface area contributed by atoms with E-state index in [4.69, 9.17) is 0 Å². The summed E-state index contributed by atoms with van der Waals surface area (Å²) in [6.45, 7) is 2.48. The maximum atomic E-state index is 4.38. The third-order valence-corrected chi connectivity index (χ3v) is 4.26. The normalized spacial score (nSPS) is 39.9. The fourth-order valence-corrected chi connectivity index (χ4v) is 3.78. The van der Waals surface area contributed by atoms with E-state index < -0.39 is 0 Å². The van der Waals surface area contributed by atoms with Gasteiger partial charge in [-0.3, -0.25) is 9.58 Å². The summed E-state index contributed by atoms with van der Waals surface area (Å²) >= 11 is 0. The van der Waals surface area contributed by atoms with Crippen LogP contribution < -0.4 is 0 Å². The first-order chi connectivity index (χ1) is 6.93. The molecule has 0 spiro atoms. The summed E-state index contributed by atoms with van der Waals surface area (Å²) < 4.78 is 2.21. The van der Waals surface area contributed by atoms with Crippen LogP contribution >= 0.6 is 0 Å². The van der Waals surface area contributed by atoms with Gasteiger partial charge in [-0.05, 0) is 31.9 Å². The lowest BCUT2D eigenvalue weighted by Crippen LogP contribution is -2.25. The van der Waals surface area contributed by atoms with Gasteiger partial charge in [-0.15, -0.1) is 0 Å². The van der Waals surface area contributed by atoms with Crippen molar-refractivity contribution < 1.29 is 0 Å². The van der Waals surface area contributed by atoms with E-state index in [2.05, 4.69) is 20.7 Å². The topological polar surface area (TPSA) is 21.1 Å². The van der Waals surface area contributed by atoms with E-state index in [1.54, 1.807) is 0 Å². The van der Waals surface area contributed by atoms with Gasteiger partial charge in [0.15, 0.2) is 0 Å². The Bertz CT molecular complexity index is 370. The maximum Gasteiger partial charge on any atom is 0.0566 e. The Balaban J connectivity index is 1.79. The van der Waals surface area contributed by atoms with Crippen molar-refractivity contribution in [3.05, 3.63) is 18.0 Å². The molecule has 1 aromatic heterocycles. The minimum absolute atomic E-state index is 0.713. The molecule has 4 heterocycles. The molecule has 3 aliphatic heterocycles. The smallest absolute Gasteiger partial charge is 0.0566 e. The van der Waals surface area contributed by atoms with Gasteiger partial charge in [0, 0.05) is 24.7 Å². The fourth-order valence-electron chi connectivity index (χ4n) is 3.78. The van der Waals surface area contributed by atoms with Crippen molar-refractivity contribution in [2.45, 2.75) is 37.9 Å². The second-order valence-electron chi connectivity index (χ2n) is 4.91. The zero-order chi connectivity index (χ0) is 9.12. The minimum Gasteiger partial charge on any atom is -0.291 e. The van der Waals surface area contributed by atoms with E-state index >= 15 is 0 Å². The molecule has 3 heteroatoms. The lowest BCUT2D eigenvalue weighted by molar-refractivity contribution is 0.236. The van der Waals surface area contributed by atoms with Crippen LogP contribution in [0.15, 0.2) is 12.3 Å². The number of nitrogens with zero attached hydrogens (tertiary/aromatic N) is 3. The number of rotatable bonds is 0. The first-order valence-corrected chi connectivity index (χ1v) is 5.71. The number of fused-ring (bicyclic) bond motifs is 5. The molecular formula is C11H15N3. The Kier molecular flexibility index (Phi) is 1.28. The summed E-state index contributed by atoms with van der Waals surface area (Å²) in [6.07, 6.45) is 6.20. The van der Waals surface area contributed by atoms with Crippen molar-refractivity contribution >= 4 is 0 Å². The van der Waals surface area contributed by atoms with Gasteiger partial charge in [0.2, 0.25) is 0 Å². The predicted octanol–water partition coefficient (Wildman–Crippen LogP) is 1.42. The van der Waals surface area contributed by atoms with Gasteiger partial charge in [0.25, 0.3) is 0 Å². The molecule has 3 aliphatic rings. The predicted molar refractivity (Wildman–Crippen MR) is 52.8 cm³/mol. The molecule has 4 rings (SSSR count). The van der Waals surface area contributed by atoms with E-state index in [1.165, 1.54) is 38.0 Å². The number of hydrogen-bond donors (Lipinski definition) is 0. The molecule has 14 heavy (non-hydrogen) atoms. The number of hydrogen-bond acceptors (Lipinski definition) is 2. The molecule has 0 saturated carbocycles. The fraction of sp³-hybridized carbons (Fsp3) is 0.727. The molecule has 0 radical (unpaired) electrons.